The summed E-state index contributed by atoms with van der Waals surface area (Å²) in [5.41, 5.74) is 6.93. The molecule has 0 saturated heterocycles. The van der Waals surface area contributed by atoms with Crippen LogP contribution in [0.2, 0.25) is 0 Å². The number of nitrogens with two attached hydrogens (primary N) is 1. The Kier molecular flexibility index (Phi) is 7.63. The maximum Gasteiger partial charge on any atom is 0.188 e. The van der Waals surface area contributed by atoms with Gasteiger partial charge in [0, 0.05) is 11.4 Å². The largest absolute Gasteiger partial charge is 0.486 e. The first kappa shape index (κ1) is 19.3. The average Bonchev–Trinajstić information content (AvgIpc) is 3.06. The summed E-state index contributed by atoms with van der Waals surface area (Å²) in [6, 6.07) is 8.10. The number of aliphatic imine (C=N–C) groups is 1. The molecule has 1 aliphatic heterocycles. The van der Waals surface area contributed by atoms with E-state index in [9.17, 15) is 0 Å². The fourth-order valence-corrected chi connectivity index (χ4v) is 3.57. The fourth-order valence-electron chi connectivity index (χ4n) is 2.26. The van der Waals surface area contributed by atoms with Crippen LogP contribution in [0.15, 0.2) is 39.1 Å². The van der Waals surface area contributed by atoms with E-state index in [0.29, 0.717) is 25.7 Å². The Morgan fingerprint density at radius 2 is 2.17 bits per heavy atom. The van der Waals surface area contributed by atoms with Gasteiger partial charge in [-0.15, -0.1) is 35.3 Å². The number of benzene rings is 1. The first-order chi connectivity index (χ1) is 11.2. The lowest BCUT2D eigenvalue weighted by molar-refractivity contribution is 0.170. The molecule has 0 saturated carbocycles. The van der Waals surface area contributed by atoms with Crippen LogP contribution in [-0.4, -0.2) is 25.7 Å². The lowest BCUT2D eigenvalue weighted by Crippen LogP contribution is -2.33. The van der Waals surface area contributed by atoms with E-state index in [0.717, 1.165) is 34.5 Å². The molecule has 2 heterocycles. The molecule has 0 amide bonds. The summed E-state index contributed by atoms with van der Waals surface area (Å²) in [7, 11) is 0. The number of fused-ring (bicyclic) bond motifs is 1. The number of rotatable bonds is 5. The predicted octanol–water partition coefficient (Wildman–Crippen LogP) is 3.55. The highest BCUT2D eigenvalue weighted by molar-refractivity contribution is 14.0. The molecule has 8 heteroatoms. The Morgan fingerprint density at radius 3 is 2.96 bits per heavy atom. The molecule has 0 aliphatic carbocycles. The van der Waals surface area contributed by atoms with Crippen molar-refractivity contribution in [3.63, 3.8) is 0 Å². The van der Waals surface area contributed by atoms with Crippen LogP contribution < -0.4 is 20.5 Å². The number of ether oxygens (including phenoxy) is 2. The molecule has 1 aromatic heterocycles. The zero-order chi connectivity index (χ0) is 16.1. The maximum atomic E-state index is 5.91. The molecule has 0 atom stereocenters. The second kappa shape index (κ2) is 9.47. The fraction of sp³-hybridized carbons (Fsp3) is 0.312. The van der Waals surface area contributed by atoms with Crippen molar-refractivity contribution in [1.29, 1.82) is 0 Å². The topological polar surface area (TPSA) is 68.9 Å². The summed E-state index contributed by atoms with van der Waals surface area (Å²) in [4.78, 5) is 5.71. The average molecular weight is 524 g/mol. The molecular formula is C16H19BrIN3O2S. The Labute approximate surface area is 170 Å². The van der Waals surface area contributed by atoms with Crippen molar-refractivity contribution in [2.24, 2.45) is 10.7 Å². The smallest absolute Gasteiger partial charge is 0.188 e. The summed E-state index contributed by atoms with van der Waals surface area (Å²) in [5.74, 6) is 1.96. The van der Waals surface area contributed by atoms with Crippen LogP contribution in [0.5, 0.6) is 11.5 Å². The Bertz CT molecular complexity index is 695. The number of halogens is 2. The predicted molar refractivity (Wildman–Crippen MR) is 112 cm³/mol. The number of thiophene rings is 1. The quantitative estimate of drug-likeness (QED) is 0.357. The molecule has 0 unspecified atom stereocenters. The van der Waals surface area contributed by atoms with Crippen molar-refractivity contribution in [2.75, 3.05) is 19.8 Å². The number of nitrogens with zero attached hydrogens (tertiary/aromatic N) is 1. The van der Waals surface area contributed by atoms with Crippen LogP contribution in [0.25, 0.3) is 0 Å². The van der Waals surface area contributed by atoms with E-state index in [1.807, 2.05) is 12.1 Å². The molecule has 24 heavy (non-hydrogen) atoms. The highest BCUT2D eigenvalue weighted by atomic mass is 127. The third-order valence-electron chi connectivity index (χ3n) is 3.35. The van der Waals surface area contributed by atoms with Crippen molar-refractivity contribution in [2.45, 2.75) is 13.0 Å². The second-order valence-corrected chi connectivity index (χ2v) is 6.95. The van der Waals surface area contributed by atoms with Gasteiger partial charge in [0.25, 0.3) is 0 Å². The summed E-state index contributed by atoms with van der Waals surface area (Å²) in [6.07, 6.45) is 0.948. The van der Waals surface area contributed by atoms with Crippen molar-refractivity contribution < 1.29 is 9.47 Å². The van der Waals surface area contributed by atoms with Gasteiger partial charge in [-0.25, -0.2) is 4.99 Å². The molecule has 0 spiro atoms. The SMILES string of the molecule is I.NC(=NCc1cc(Br)c2c(c1)OCCO2)NCCc1cccs1. The normalized spacial score (nSPS) is 13.3. The van der Waals surface area contributed by atoms with Gasteiger partial charge in [-0.3, -0.25) is 0 Å². The van der Waals surface area contributed by atoms with Crippen LogP contribution in [0.1, 0.15) is 10.4 Å². The van der Waals surface area contributed by atoms with Crippen LogP contribution in [0.4, 0.5) is 0 Å². The molecule has 3 N–H and O–H groups in total. The molecule has 2 aromatic rings. The van der Waals surface area contributed by atoms with E-state index in [1.54, 1.807) is 11.3 Å². The van der Waals surface area contributed by atoms with Crippen molar-refractivity contribution >= 4 is 57.2 Å². The van der Waals surface area contributed by atoms with Crippen molar-refractivity contribution in [3.8, 4) is 11.5 Å². The summed E-state index contributed by atoms with van der Waals surface area (Å²) < 4.78 is 12.1. The number of nitrogens with one attached hydrogen (secondary N) is 1. The standard InChI is InChI=1S/C16H18BrN3O2S.HI/c17-13-8-11(9-14-15(13)22-6-5-21-14)10-20-16(18)19-4-3-12-2-1-7-23-12;/h1-2,7-9H,3-6,10H2,(H3,18,19,20);1H. The highest BCUT2D eigenvalue weighted by Crippen LogP contribution is 2.38. The third kappa shape index (κ3) is 5.25. The molecule has 130 valence electrons. The van der Waals surface area contributed by atoms with E-state index >= 15 is 0 Å². The zero-order valence-corrected chi connectivity index (χ0v) is 17.7. The minimum Gasteiger partial charge on any atom is -0.486 e. The zero-order valence-electron chi connectivity index (χ0n) is 13.0. The van der Waals surface area contributed by atoms with Crippen molar-refractivity contribution in [3.05, 3.63) is 44.6 Å². The van der Waals surface area contributed by atoms with Gasteiger partial charge in [0.2, 0.25) is 0 Å². The van der Waals surface area contributed by atoms with E-state index in [-0.39, 0.29) is 24.0 Å². The van der Waals surface area contributed by atoms with Crippen LogP contribution in [0.3, 0.4) is 0 Å². The molecular weight excluding hydrogens is 505 g/mol. The molecule has 0 radical (unpaired) electrons. The van der Waals surface area contributed by atoms with Gasteiger partial charge in [-0.1, -0.05) is 6.07 Å². The Hall–Kier alpha value is -1.000. The first-order valence-electron chi connectivity index (χ1n) is 7.36. The maximum absolute atomic E-state index is 5.91. The monoisotopic (exact) mass is 523 g/mol. The Balaban J connectivity index is 0.00000208. The van der Waals surface area contributed by atoms with E-state index in [2.05, 4.69) is 43.8 Å². The minimum absolute atomic E-state index is 0. The highest BCUT2D eigenvalue weighted by Gasteiger charge is 2.16. The lowest BCUT2D eigenvalue weighted by atomic mass is 10.2. The molecule has 5 nitrogen and oxygen atoms in total. The van der Waals surface area contributed by atoms with Gasteiger partial charge >= 0.3 is 0 Å². The summed E-state index contributed by atoms with van der Waals surface area (Å²) in [5, 5.41) is 5.21. The number of hydrogen-bond donors (Lipinski definition) is 2. The van der Waals surface area contributed by atoms with Gasteiger partial charge < -0.3 is 20.5 Å². The molecule has 0 fully saturated rings. The van der Waals surface area contributed by atoms with Crippen LogP contribution in [0, 0.1) is 0 Å². The minimum atomic E-state index is 0. The number of guanidine groups is 1. The first-order valence-corrected chi connectivity index (χ1v) is 9.04. The van der Waals surface area contributed by atoms with Gasteiger partial charge in [0.15, 0.2) is 17.5 Å². The van der Waals surface area contributed by atoms with Gasteiger partial charge in [-0.05, 0) is 51.5 Å². The lowest BCUT2D eigenvalue weighted by Gasteiger charge is -2.20. The van der Waals surface area contributed by atoms with Gasteiger partial charge in [-0.2, -0.15) is 0 Å². The summed E-state index contributed by atoms with van der Waals surface area (Å²) >= 11 is 5.25. The van der Waals surface area contributed by atoms with Gasteiger partial charge in [0.1, 0.15) is 13.2 Å². The van der Waals surface area contributed by atoms with Gasteiger partial charge in [0.05, 0.1) is 11.0 Å². The second-order valence-electron chi connectivity index (χ2n) is 5.06. The van der Waals surface area contributed by atoms with Crippen molar-refractivity contribution in [1.82, 2.24) is 5.32 Å². The molecule has 0 bridgehead atoms. The molecule has 3 rings (SSSR count). The third-order valence-corrected chi connectivity index (χ3v) is 4.87. The summed E-state index contributed by atoms with van der Waals surface area (Å²) in [6.45, 7) is 2.41. The van der Waals surface area contributed by atoms with Crippen LogP contribution >= 0.6 is 51.2 Å². The van der Waals surface area contributed by atoms with Crippen LogP contribution in [-0.2, 0) is 13.0 Å². The Morgan fingerprint density at radius 1 is 1.33 bits per heavy atom. The molecule has 1 aliphatic rings. The van der Waals surface area contributed by atoms with E-state index in [4.69, 9.17) is 15.2 Å². The molecule has 1 aromatic carbocycles. The van der Waals surface area contributed by atoms with E-state index in [1.165, 1.54) is 4.88 Å². The number of hydrogen-bond acceptors (Lipinski definition) is 4. The van der Waals surface area contributed by atoms with E-state index < -0.39 is 0 Å².